The summed E-state index contributed by atoms with van der Waals surface area (Å²) in [6.45, 7) is 5.08. The Kier molecular flexibility index (Phi) is 3.86. The van der Waals surface area contributed by atoms with Gasteiger partial charge in [-0.2, -0.15) is 0 Å². The Morgan fingerprint density at radius 3 is 3.00 bits per heavy atom. The predicted octanol–water partition coefficient (Wildman–Crippen LogP) is 1.23. The first kappa shape index (κ1) is 12.2. The number of anilines is 1. The number of nitrogen functional groups attached to an aromatic ring is 1. The Balaban J connectivity index is 2.10. The summed E-state index contributed by atoms with van der Waals surface area (Å²) in [5.74, 6) is 0.892. The maximum atomic E-state index is 9.51. The average Bonchev–Trinajstić information content (AvgIpc) is 2.68. The third-order valence-corrected chi connectivity index (χ3v) is 3.03. The molecule has 4 nitrogen and oxygen atoms in total. The summed E-state index contributed by atoms with van der Waals surface area (Å²) in [7, 11) is 0. The molecule has 1 atom stereocenters. The Morgan fingerprint density at radius 1 is 1.53 bits per heavy atom. The molecule has 2 rings (SSSR count). The van der Waals surface area contributed by atoms with Crippen LogP contribution in [0, 0.1) is 0 Å². The van der Waals surface area contributed by atoms with Gasteiger partial charge < -0.3 is 15.6 Å². The fourth-order valence-corrected chi connectivity index (χ4v) is 2.22. The third-order valence-electron chi connectivity index (χ3n) is 3.03. The number of aliphatic hydroxyl groups excluding tert-OH is 1. The van der Waals surface area contributed by atoms with E-state index in [1.807, 2.05) is 25.1 Å². The summed E-state index contributed by atoms with van der Waals surface area (Å²) < 4.78 is 5.58. The van der Waals surface area contributed by atoms with Gasteiger partial charge in [0.15, 0.2) is 0 Å². The number of hydrogen-bond acceptors (Lipinski definition) is 4. The fourth-order valence-electron chi connectivity index (χ4n) is 2.22. The number of nitrogens with two attached hydrogens (primary N) is 1. The lowest BCUT2D eigenvalue weighted by molar-refractivity contribution is 0.174. The first-order chi connectivity index (χ1) is 8.19. The lowest BCUT2D eigenvalue weighted by atomic mass is 10.1. The minimum absolute atomic E-state index is 0.188. The molecule has 17 heavy (non-hydrogen) atoms. The smallest absolute Gasteiger partial charge is 0.123 e. The molecule has 1 aliphatic rings. The molecule has 1 saturated heterocycles. The number of likely N-dealkylation sites (tertiary alicyclic amines) is 1. The Hall–Kier alpha value is -1.26. The maximum absolute atomic E-state index is 9.51. The van der Waals surface area contributed by atoms with Crippen LogP contribution in [0.5, 0.6) is 5.75 Å². The molecule has 0 bridgehead atoms. The van der Waals surface area contributed by atoms with Gasteiger partial charge in [0.1, 0.15) is 5.75 Å². The molecule has 0 aromatic heterocycles. The molecule has 0 radical (unpaired) electrons. The van der Waals surface area contributed by atoms with Crippen LogP contribution >= 0.6 is 0 Å². The highest BCUT2D eigenvalue weighted by Crippen LogP contribution is 2.24. The zero-order valence-corrected chi connectivity index (χ0v) is 10.2. The molecular formula is C13H20N2O2. The summed E-state index contributed by atoms with van der Waals surface area (Å²) in [4.78, 5) is 2.22. The largest absolute Gasteiger partial charge is 0.494 e. The zero-order chi connectivity index (χ0) is 12.3. The second kappa shape index (κ2) is 5.38. The highest BCUT2D eigenvalue weighted by atomic mass is 16.5. The van der Waals surface area contributed by atoms with Crippen molar-refractivity contribution in [3.63, 3.8) is 0 Å². The second-order valence-electron chi connectivity index (χ2n) is 4.48. The van der Waals surface area contributed by atoms with E-state index in [4.69, 9.17) is 10.5 Å². The molecular weight excluding hydrogens is 216 g/mol. The van der Waals surface area contributed by atoms with Crippen LogP contribution in [0.2, 0.25) is 0 Å². The molecule has 1 aliphatic heterocycles. The lowest BCUT2D eigenvalue weighted by Crippen LogP contribution is -2.22. The van der Waals surface area contributed by atoms with Crippen LogP contribution in [0.15, 0.2) is 18.2 Å². The van der Waals surface area contributed by atoms with E-state index < -0.39 is 0 Å². The van der Waals surface area contributed by atoms with Crippen LogP contribution in [0.25, 0.3) is 0 Å². The molecule has 4 heteroatoms. The zero-order valence-electron chi connectivity index (χ0n) is 10.2. The van der Waals surface area contributed by atoms with Crippen molar-refractivity contribution in [2.75, 3.05) is 25.4 Å². The van der Waals surface area contributed by atoms with Crippen molar-refractivity contribution in [2.45, 2.75) is 26.0 Å². The normalized spacial score (nSPS) is 20.7. The molecule has 1 fully saturated rings. The molecule has 0 aliphatic carbocycles. The van der Waals surface area contributed by atoms with E-state index >= 15 is 0 Å². The minimum atomic E-state index is -0.188. The van der Waals surface area contributed by atoms with Crippen molar-refractivity contribution in [3.8, 4) is 5.75 Å². The van der Waals surface area contributed by atoms with Gasteiger partial charge in [-0.25, -0.2) is 0 Å². The van der Waals surface area contributed by atoms with Gasteiger partial charge in [0.25, 0.3) is 0 Å². The van der Waals surface area contributed by atoms with Gasteiger partial charge in [-0.1, -0.05) is 0 Å². The topological polar surface area (TPSA) is 58.7 Å². The van der Waals surface area contributed by atoms with Crippen molar-refractivity contribution < 1.29 is 9.84 Å². The van der Waals surface area contributed by atoms with E-state index in [2.05, 4.69) is 4.90 Å². The lowest BCUT2D eigenvalue weighted by Gasteiger charge is -2.18. The van der Waals surface area contributed by atoms with Crippen molar-refractivity contribution in [1.82, 2.24) is 4.90 Å². The van der Waals surface area contributed by atoms with Crippen LogP contribution in [0.1, 0.15) is 18.9 Å². The van der Waals surface area contributed by atoms with E-state index in [1.165, 1.54) is 0 Å². The van der Waals surface area contributed by atoms with Crippen LogP contribution in [0.4, 0.5) is 5.69 Å². The molecule has 1 aromatic carbocycles. The minimum Gasteiger partial charge on any atom is -0.494 e. The van der Waals surface area contributed by atoms with Gasteiger partial charge in [0.05, 0.1) is 12.7 Å². The van der Waals surface area contributed by atoms with Crippen molar-refractivity contribution in [3.05, 3.63) is 23.8 Å². The predicted molar refractivity (Wildman–Crippen MR) is 67.9 cm³/mol. The highest BCUT2D eigenvalue weighted by molar-refractivity contribution is 5.47. The van der Waals surface area contributed by atoms with Crippen molar-refractivity contribution >= 4 is 5.69 Å². The molecule has 0 spiro atoms. The SMILES string of the molecule is CCOc1ccc(N)cc1CN1CCC(O)C1. The van der Waals surface area contributed by atoms with Crippen molar-refractivity contribution in [1.29, 1.82) is 0 Å². The van der Waals surface area contributed by atoms with Crippen LogP contribution in [-0.2, 0) is 6.54 Å². The second-order valence-corrected chi connectivity index (χ2v) is 4.48. The van der Waals surface area contributed by atoms with Gasteiger partial charge in [0.2, 0.25) is 0 Å². The molecule has 3 N–H and O–H groups in total. The molecule has 0 saturated carbocycles. The number of ether oxygens (including phenoxy) is 1. The first-order valence-electron chi connectivity index (χ1n) is 6.10. The van der Waals surface area contributed by atoms with Gasteiger partial charge in [0, 0.05) is 30.9 Å². The van der Waals surface area contributed by atoms with Gasteiger partial charge in [-0.15, -0.1) is 0 Å². The van der Waals surface area contributed by atoms with E-state index in [0.717, 1.165) is 43.1 Å². The first-order valence-corrected chi connectivity index (χ1v) is 6.10. The molecule has 1 aromatic rings. The van der Waals surface area contributed by atoms with E-state index in [1.54, 1.807) is 0 Å². The monoisotopic (exact) mass is 236 g/mol. The van der Waals surface area contributed by atoms with Gasteiger partial charge >= 0.3 is 0 Å². The standard InChI is InChI=1S/C13H20N2O2/c1-2-17-13-4-3-11(14)7-10(13)8-15-6-5-12(16)9-15/h3-4,7,12,16H,2,5-6,8-9,14H2,1H3. The fraction of sp³-hybridized carbons (Fsp3) is 0.538. The van der Waals surface area contributed by atoms with E-state index in [0.29, 0.717) is 6.61 Å². The number of β-amino-alcohol motifs (C(OH)–C–C–N with tert-alkyl or cyclic N) is 1. The summed E-state index contributed by atoms with van der Waals surface area (Å²) >= 11 is 0. The van der Waals surface area contributed by atoms with E-state index in [-0.39, 0.29) is 6.10 Å². The average molecular weight is 236 g/mol. The Bertz CT molecular complexity index is 382. The van der Waals surface area contributed by atoms with Crippen molar-refractivity contribution in [2.24, 2.45) is 0 Å². The number of nitrogens with zero attached hydrogens (tertiary/aromatic N) is 1. The van der Waals surface area contributed by atoms with Gasteiger partial charge in [-0.05, 0) is 31.5 Å². The summed E-state index contributed by atoms with van der Waals surface area (Å²) in [6, 6.07) is 5.73. The van der Waals surface area contributed by atoms with Crippen LogP contribution in [0.3, 0.4) is 0 Å². The van der Waals surface area contributed by atoms with Crippen LogP contribution in [-0.4, -0.2) is 35.8 Å². The number of rotatable bonds is 4. The Labute approximate surface area is 102 Å². The third kappa shape index (κ3) is 3.11. The van der Waals surface area contributed by atoms with Crippen LogP contribution < -0.4 is 10.5 Å². The Morgan fingerprint density at radius 2 is 2.35 bits per heavy atom. The van der Waals surface area contributed by atoms with Gasteiger partial charge in [-0.3, -0.25) is 4.90 Å². The maximum Gasteiger partial charge on any atom is 0.123 e. The quantitative estimate of drug-likeness (QED) is 0.772. The number of hydrogen-bond donors (Lipinski definition) is 2. The summed E-state index contributed by atoms with van der Waals surface area (Å²) in [6.07, 6.45) is 0.665. The molecule has 94 valence electrons. The van der Waals surface area contributed by atoms with E-state index in [9.17, 15) is 5.11 Å². The summed E-state index contributed by atoms with van der Waals surface area (Å²) in [5.41, 5.74) is 7.65. The molecule has 1 heterocycles. The highest BCUT2D eigenvalue weighted by Gasteiger charge is 2.21. The molecule has 0 amide bonds. The molecule has 1 unspecified atom stereocenters. The summed E-state index contributed by atoms with van der Waals surface area (Å²) in [5, 5.41) is 9.51. The number of aliphatic hydroxyl groups is 1. The number of benzene rings is 1.